The zero-order valence-electron chi connectivity index (χ0n) is 17.8. The summed E-state index contributed by atoms with van der Waals surface area (Å²) in [6, 6.07) is 5.98. The van der Waals surface area contributed by atoms with E-state index < -0.39 is 0 Å². The highest BCUT2D eigenvalue weighted by molar-refractivity contribution is 7.15. The molecule has 1 fully saturated rings. The van der Waals surface area contributed by atoms with Crippen LogP contribution in [0.4, 0.5) is 10.9 Å². The summed E-state index contributed by atoms with van der Waals surface area (Å²) in [6.45, 7) is 1.80. The van der Waals surface area contributed by atoms with E-state index in [-0.39, 0.29) is 0 Å². The summed E-state index contributed by atoms with van der Waals surface area (Å²) in [6.07, 6.45) is 10.9. The monoisotopic (exact) mass is 434 g/mol. The van der Waals surface area contributed by atoms with Crippen LogP contribution in [0.3, 0.4) is 0 Å². The van der Waals surface area contributed by atoms with Crippen molar-refractivity contribution in [2.24, 2.45) is 0 Å². The van der Waals surface area contributed by atoms with Crippen molar-refractivity contribution in [3.05, 3.63) is 41.8 Å². The van der Waals surface area contributed by atoms with Crippen LogP contribution in [-0.4, -0.2) is 55.5 Å². The number of rotatable bonds is 7. The molecule has 0 saturated heterocycles. The molecular formula is C22H26N8S. The Kier molecular flexibility index (Phi) is 5.61. The standard InChI is InChI=1S/C22H26N8S/c1-29(2)9-10-30-14-17(13-24-30)16-11-19-18(23-12-16)7-8-20(25-19)26-22-28-27-21(31-22)15-5-3-4-6-15/h7-8,11-15H,3-6,9-10H2,1-2H3,(H,25,26,28). The molecule has 1 saturated carbocycles. The molecule has 1 N–H and O–H groups in total. The van der Waals surface area contributed by atoms with Gasteiger partial charge < -0.3 is 10.2 Å². The minimum Gasteiger partial charge on any atom is -0.315 e. The van der Waals surface area contributed by atoms with Crippen LogP contribution in [-0.2, 0) is 6.54 Å². The van der Waals surface area contributed by atoms with Gasteiger partial charge in [0.15, 0.2) is 0 Å². The number of anilines is 2. The Hall–Kier alpha value is -2.91. The Morgan fingerprint density at radius 3 is 2.81 bits per heavy atom. The Bertz CT molecular complexity index is 1180. The number of pyridine rings is 2. The number of nitrogens with zero attached hydrogens (tertiary/aromatic N) is 7. The van der Waals surface area contributed by atoms with Crippen molar-refractivity contribution in [3.8, 4) is 11.1 Å². The van der Waals surface area contributed by atoms with Gasteiger partial charge >= 0.3 is 0 Å². The molecule has 0 atom stereocenters. The smallest absolute Gasteiger partial charge is 0.211 e. The van der Waals surface area contributed by atoms with Gasteiger partial charge in [-0.05, 0) is 45.1 Å². The second-order valence-electron chi connectivity index (χ2n) is 8.31. The van der Waals surface area contributed by atoms with E-state index in [1.807, 2.05) is 29.2 Å². The molecule has 4 aromatic heterocycles. The molecule has 4 heterocycles. The molecule has 160 valence electrons. The van der Waals surface area contributed by atoms with Crippen LogP contribution >= 0.6 is 11.3 Å². The van der Waals surface area contributed by atoms with Gasteiger partial charge in [-0.1, -0.05) is 24.2 Å². The SMILES string of the molecule is CN(C)CCn1cc(-c2cnc3ccc(Nc4nnc(C5CCCC5)s4)nc3c2)cn1. The lowest BCUT2D eigenvalue weighted by Crippen LogP contribution is -2.18. The lowest BCUT2D eigenvalue weighted by atomic mass is 10.1. The zero-order valence-corrected chi connectivity index (χ0v) is 18.6. The third-order valence-corrected chi connectivity index (χ3v) is 6.66. The highest BCUT2D eigenvalue weighted by atomic mass is 32.1. The lowest BCUT2D eigenvalue weighted by molar-refractivity contribution is 0.373. The summed E-state index contributed by atoms with van der Waals surface area (Å²) in [5.41, 5.74) is 3.74. The molecule has 31 heavy (non-hydrogen) atoms. The highest BCUT2D eigenvalue weighted by Crippen LogP contribution is 2.37. The average molecular weight is 435 g/mol. The maximum atomic E-state index is 4.76. The maximum absolute atomic E-state index is 4.76. The van der Waals surface area contributed by atoms with E-state index >= 15 is 0 Å². The summed E-state index contributed by atoms with van der Waals surface area (Å²) in [7, 11) is 4.12. The van der Waals surface area contributed by atoms with Gasteiger partial charge in [0, 0.05) is 36.0 Å². The molecule has 1 aliphatic carbocycles. The quantitative estimate of drug-likeness (QED) is 0.464. The minimum atomic E-state index is 0.572. The first kappa shape index (κ1) is 20.0. The fourth-order valence-electron chi connectivity index (χ4n) is 3.90. The summed E-state index contributed by atoms with van der Waals surface area (Å²) >= 11 is 1.64. The number of nitrogens with one attached hydrogen (secondary N) is 1. The van der Waals surface area contributed by atoms with Gasteiger partial charge in [-0.2, -0.15) is 5.10 Å². The predicted octanol–water partition coefficient (Wildman–Crippen LogP) is 4.31. The van der Waals surface area contributed by atoms with Crippen molar-refractivity contribution in [2.45, 2.75) is 38.1 Å². The largest absolute Gasteiger partial charge is 0.315 e. The topological polar surface area (TPSA) is 84.7 Å². The van der Waals surface area contributed by atoms with Crippen LogP contribution in [0, 0.1) is 0 Å². The lowest BCUT2D eigenvalue weighted by Gasteiger charge is -2.08. The number of aromatic nitrogens is 6. The fraction of sp³-hybridized carbons (Fsp3) is 0.409. The molecule has 4 aromatic rings. The number of likely N-dealkylation sites (N-methyl/N-ethyl adjacent to an activating group) is 1. The summed E-state index contributed by atoms with van der Waals surface area (Å²) in [5.74, 6) is 1.32. The van der Waals surface area contributed by atoms with Crippen LogP contribution in [0.25, 0.3) is 22.2 Å². The summed E-state index contributed by atoms with van der Waals surface area (Å²) in [4.78, 5) is 11.5. The van der Waals surface area contributed by atoms with E-state index in [2.05, 4.69) is 56.9 Å². The molecule has 0 unspecified atom stereocenters. The minimum absolute atomic E-state index is 0.572. The van der Waals surface area contributed by atoms with Crippen LogP contribution < -0.4 is 5.32 Å². The molecule has 0 aliphatic heterocycles. The number of hydrogen-bond donors (Lipinski definition) is 1. The van der Waals surface area contributed by atoms with Gasteiger partial charge in [0.2, 0.25) is 5.13 Å². The average Bonchev–Trinajstić information content (AvgIpc) is 3.53. The first-order valence-corrected chi connectivity index (χ1v) is 11.5. The molecule has 0 aromatic carbocycles. The van der Waals surface area contributed by atoms with E-state index in [1.165, 1.54) is 25.7 Å². The van der Waals surface area contributed by atoms with Crippen molar-refractivity contribution in [1.82, 2.24) is 34.8 Å². The fourth-order valence-corrected chi connectivity index (χ4v) is 4.82. The third-order valence-electron chi connectivity index (χ3n) is 5.66. The Balaban J connectivity index is 1.34. The second-order valence-corrected chi connectivity index (χ2v) is 9.32. The van der Waals surface area contributed by atoms with Gasteiger partial charge in [-0.25, -0.2) is 4.98 Å². The Morgan fingerprint density at radius 2 is 1.97 bits per heavy atom. The first-order valence-electron chi connectivity index (χ1n) is 10.7. The molecule has 0 amide bonds. The van der Waals surface area contributed by atoms with Gasteiger partial charge in [0.05, 0.1) is 23.8 Å². The summed E-state index contributed by atoms with van der Waals surface area (Å²) in [5, 5.41) is 18.4. The van der Waals surface area contributed by atoms with Crippen LogP contribution in [0.1, 0.15) is 36.6 Å². The van der Waals surface area contributed by atoms with Crippen molar-refractivity contribution < 1.29 is 0 Å². The molecule has 8 nitrogen and oxygen atoms in total. The van der Waals surface area contributed by atoms with Crippen molar-refractivity contribution in [1.29, 1.82) is 0 Å². The van der Waals surface area contributed by atoms with E-state index in [4.69, 9.17) is 4.98 Å². The molecule has 0 bridgehead atoms. The molecule has 1 aliphatic rings. The van der Waals surface area contributed by atoms with Gasteiger partial charge in [0.25, 0.3) is 0 Å². The molecule has 5 rings (SSSR count). The van der Waals surface area contributed by atoms with Gasteiger partial charge in [-0.3, -0.25) is 9.67 Å². The molecule has 9 heteroatoms. The summed E-state index contributed by atoms with van der Waals surface area (Å²) < 4.78 is 1.96. The van der Waals surface area contributed by atoms with Crippen molar-refractivity contribution >= 4 is 33.3 Å². The molecule has 0 spiro atoms. The van der Waals surface area contributed by atoms with Crippen LogP contribution in [0.5, 0.6) is 0 Å². The Labute approximate surface area is 185 Å². The molecular weight excluding hydrogens is 408 g/mol. The highest BCUT2D eigenvalue weighted by Gasteiger charge is 2.21. The number of hydrogen-bond acceptors (Lipinski definition) is 8. The van der Waals surface area contributed by atoms with Crippen LogP contribution in [0.2, 0.25) is 0 Å². The van der Waals surface area contributed by atoms with E-state index in [0.717, 1.165) is 51.2 Å². The van der Waals surface area contributed by atoms with Gasteiger partial charge in [0.1, 0.15) is 10.8 Å². The Morgan fingerprint density at radius 1 is 1.10 bits per heavy atom. The predicted molar refractivity (Wildman–Crippen MR) is 124 cm³/mol. The van der Waals surface area contributed by atoms with E-state index in [9.17, 15) is 0 Å². The zero-order chi connectivity index (χ0) is 21.2. The normalized spacial score (nSPS) is 14.7. The third kappa shape index (κ3) is 4.57. The van der Waals surface area contributed by atoms with E-state index in [0.29, 0.717) is 5.92 Å². The molecule has 0 radical (unpaired) electrons. The second kappa shape index (κ2) is 8.68. The van der Waals surface area contributed by atoms with Crippen molar-refractivity contribution in [2.75, 3.05) is 26.0 Å². The number of fused-ring (bicyclic) bond motifs is 1. The first-order chi connectivity index (χ1) is 15.1. The maximum Gasteiger partial charge on any atom is 0.211 e. The van der Waals surface area contributed by atoms with Crippen LogP contribution in [0.15, 0.2) is 36.8 Å². The van der Waals surface area contributed by atoms with Gasteiger partial charge in [-0.15, -0.1) is 10.2 Å². The van der Waals surface area contributed by atoms with Crippen molar-refractivity contribution in [3.63, 3.8) is 0 Å². The van der Waals surface area contributed by atoms with E-state index in [1.54, 1.807) is 11.3 Å².